The average molecular weight is 483 g/mol. The summed E-state index contributed by atoms with van der Waals surface area (Å²) in [4.78, 5) is 27.8. The van der Waals surface area contributed by atoms with E-state index in [9.17, 15) is 13.6 Å². The van der Waals surface area contributed by atoms with Crippen LogP contribution in [0.15, 0.2) is 47.6 Å². The first-order chi connectivity index (χ1) is 16.4. The van der Waals surface area contributed by atoms with E-state index < -0.39 is 11.6 Å². The Morgan fingerprint density at radius 2 is 2.06 bits per heavy atom. The Bertz CT molecular complexity index is 1360. The summed E-state index contributed by atoms with van der Waals surface area (Å²) in [6.45, 7) is 2.27. The van der Waals surface area contributed by atoms with Crippen LogP contribution in [-0.4, -0.2) is 60.9 Å². The lowest BCUT2D eigenvalue weighted by Crippen LogP contribution is -2.56. The monoisotopic (exact) mass is 482 g/mol. The third-order valence-electron chi connectivity index (χ3n) is 5.97. The fourth-order valence-electron chi connectivity index (χ4n) is 4.22. The first-order valence-corrected chi connectivity index (χ1v) is 11.2. The maximum Gasteiger partial charge on any atom is 0.238 e. The molecule has 0 saturated carbocycles. The number of allylic oxidation sites excluding steroid dienone is 1. The van der Waals surface area contributed by atoms with Gasteiger partial charge < -0.3 is 15.5 Å². The van der Waals surface area contributed by atoms with E-state index in [0.29, 0.717) is 47.6 Å². The molecule has 174 valence electrons. The number of carbonyl (C=O) groups is 1. The number of rotatable bonds is 4. The Labute approximate surface area is 199 Å². The van der Waals surface area contributed by atoms with E-state index >= 15 is 0 Å². The van der Waals surface area contributed by atoms with Gasteiger partial charge in [-0.05, 0) is 24.3 Å². The highest BCUT2D eigenvalue weighted by Crippen LogP contribution is 2.29. The van der Waals surface area contributed by atoms with Crippen LogP contribution in [0.1, 0.15) is 11.3 Å². The summed E-state index contributed by atoms with van der Waals surface area (Å²) in [5, 5.41) is 5.72. The maximum atomic E-state index is 14.5. The summed E-state index contributed by atoms with van der Waals surface area (Å²) >= 11 is 5.89. The number of benzene rings is 1. The Kier molecular flexibility index (Phi) is 5.97. The van der Waals surface area contributed by atoms with Gasteiger partial charge in [-0.25, -0.2) is 13.8 Å². The number of aliphatic imine (C=N–C) groups is 1. The smallest absolute Gasteiger partial charge is 0.238 e. The van der Waals surface area contributed by atoms with Gasteiger partial charge in [-0.2, -0.15) is 0 Å². The lowest BCUT2D eigenvalue weighted by molar-refractivity contribution is -0.122. The molecule has 2 aromatic heterocycles. The van der Waals surface area contributed by atoms with Crippen molar-refractivity contribution in [2.45, 2.75) is 6.04 Å². The van der Waals surface area contributed by atoms with Gasteiger partial charge in [-0.3, -0.25) is 14.8 Å². The van der Waals surface area contributed by atoms with Gasteiger partial charge in [-0.1, -0.05) is 17.7 Å². The maximum absolute atomic E-state index is 14.5. The van der Waals surface area contributed by atoms with Gasteiger partial charge in [0.15, 0.2) is 0 Å². The molecule has 1 fully saturated rings. The molecular weight excluding hydrogens is 462 g/mol. The van der Waals surface area contributed by atoms with E-state index in [-0.39, 0.29) is 22.5 Å². The van der Waals surface area contributed by atoms with Crippen molar-refractivity contribution in [3.8, 4) is 0 Å². The summed E-state index contributed by atoms with van der Waals surface area (Å²) in [6, 6.07) is 7.28. The number of nitrogens with zero attached hydrogens (tertiary/aromatic N) is 4. The molecule has 34 heavy (non-hydrogen) atoms. The summed E-state index contributed by atoms with van der Waals surface area (Å²) < 4.78 is 28.2. The van der Waals surface area contributed by atoms with Crippen LogP contribution in [0.4, 0.5) is 14.5 Å². The van der Waals surface area contributed by atoms with E-state index in [2.05, 4.69) is 25.5 Å². The van der Waals surface area contributed by atoms with Gasteiger partial charge in [0.25, 0.3) is 0 Å². The zero-order valence-electron chi connectivity index (χ0n) is 18.3. The predicted molar refractivity (Wildman–Crippen MR) is 128 cm³/mol. The minimum Gasteiger partial charge on any atom is -0.367 e. The Hall–Kier alpha value is -3.43. The van der Waals surface area contributed by atoms with Crippen LogP contribution < -0.4 is 15.5 Å². The molecule has 10 heteroatoms. The molecule has 2 aliphatic rings. The highest BCUT2D eigenvalue weighted by molar-refractivity contribution is 6.35. The van der Waals surface area contributed by atoms with Crippen LogP contribution >= 0.6 is 11.6 Å². The second-order valence-electron chi connectivity index (χ2n) is 8.05. The van der Waals surface area contributed by atoms with E-state index in [1.807, 2.05) is 18.2 Å². The molecule has 1 atom stereocenters. The molecule has 5 rings (SSSR count). The predicted octanol–water partition coefficient (Wildman–Crippen LogP) is 2.97. The van der Waals surface area contributed by atoms with Crippen molar-refractivity contribution in [3.63, 3.8) is 0 Å². The first kappa shape index (κ1) is 22.4. The van der Waals surface area contributed by atoms with Crippen molar-refractivity contribution >= 4 is 45.5 Å². The zero-order valence-corrected chi connectivity index (χ0v) is 19.0. The number of pyridine rings is 2. The van der Waals surface area contributed by atoms with Crippen LogP contribution in [0.5, 0.6) is 0 Å². The van der Waals surface area contributed by atoms with Crippen molar-refractivity contribution in [1.29, 1.82) is 0 Å². The zero-order chi connectivity index (χ0) is 23.8. The topological polar surface area (TPSA) is 82.5 Å². The third kappa shape index (κ3) is 4.12. The van der Waals surface area contributed by atoms with Crippen molar-refractivity contribution < 1.29 is 13.6 Å². The summed E-state index contributed by atoms with van der Waals surface area (Å²) in [5.74, 6) is -1.62. The van der Waals surface area contributed by atoms with Gasteiger partial charge in [0.05, 0.1) is 45.9 Å². The molecule has 0 bridgehead atoms. The van der Waals surface area contributed by atoms with Crippen LogP contribution in [0.25, 0.3) is 16.6 Å². The van der Waals surface area contributed by atoms with Crippen molar-refractivity contribution in [2.24, 2.45) is 4.99 Å². The number of hydrogen-bond acceptors (Lipinski definition) is 6. The van der Waals surface area contributed by atoms with Gasteiger partial charge >= 0.3 is 0 Å². The number of carbonyl (C=O) groups excluding carboxylic acids is 1. The minimum absolute atomic E-state index is 0.0630. The molecule has 7 nitrogen and oxygen atoms in total. The normalized spacial score (nSPS) is 18.1. The summed E-state index contributed by atoms with van der Waals surface area (Å²) in [6.07, 6.45) is 3.62. The van der Waals surface area contributed by atoms with Gasteiger partial charge in [-0.15, -0.1) is 0 Å². The number of hydrogen-bond donors (Lipinski definition) is 2. The van der Waals surface area contributed by atoms with Gasteiger partial charge in [0.1, 0.15) is 17.7 Å². The van der Waals surface area contributed by atoms with Gasteiger partial charge in [0.2, 0.25) is 5.91 Å². The average Bonchev–Trinajstić information content (AvgIpc) is 3.35. The number of likely N-dealkylation sites (N-methyl/N-ethyl adjacent to an activating group) is 1. The van der Waals surface area contributed by atoms with E-state index in [1.165, 1.54) is 6.07 Å². The third-order valence-corrected chi connectivity index (χ3v) is 6.26. The minimum atomic E-state index is -0.818. The quantitative estimate of drug-likeness (QED) is 0.559. The van der Waals surface area contributed by atoms with Gasteiger partial charge in [0, 0.05) is 43.9 Å². The number of anilines is 1. The molecule has 2 aliphatic heterocycles. The molecule has 0 unspecified atom stereocenters. The number of piperazine rings is 1. The fourth-order valence-corrected chi connectivity index (χ4v) is 4.39. The number of halogens is 3. The lowest BCUT2D eigenvalue weighted by atomic mass is 9.99. The molecule has 1 aromatic carbocycles. The Morgan fingerprint density at radius 1 is 1.21 bits per heavy atom. The molecular formula is C24H21ClF2N6O. The first-order valence-electron chi connectivity index (χ1n) is 10.8. The molecule has 0 aliphatic carbocycles. The van der Waals surface area contributed by atoms with Crippen molar-refractivity contribution in [3.05, 3.63) is 70.5 Å². The van der Waals surface area contributed by atoms with Crippen LogP contribution in [0.3, 0.4) is 0 Å². The molecule has 2 N–H and O–H groups in total. The van der Waals surface area contributed by atoms with Crippen molar-refractivity contribution in [2.75, 3.05) is 38.1 Å². The largest absolute Gasteiger partial charge is 0.367 e. The molecule has 1 saturated heterocycles. The second-order valence-corrected chi connectivity index (χ2v) is 8.46. The van der Waals surface area contributed by atoms with Crippen LogP contribution in [-0.2, 0) is 4.79 Å². The fraction of sp³-hybridized carbons (Fsp3) is 0.250. The van der Waals surface area contributed by atoms with Crippen molar-refractivity contribution in [1.82, 2.24) is 20.6 Å². The Morgan fingerprint density at radius 3 is 2.88 bits per heavy atom. The van der Waals surface area contributed by atoms with E-state index in [4.69, 9.17) is 16.6 Å². The SMILES string of the molecule is CNC(=O)[C@@H]1CN(c2cnc3ccc(C4=CCN=C4c4cc(Cl)c(F)cc4F)nc3c2)CCN1. The molecule has 0 radical (unpaired) electrons. The number of nitrogens with one attached hydrogen (secondary N) is 2. The number of amides is 1. The lowest BCUT2D eigenvalue weighted by Gasteiger charge is -2.34. The Balaban J connectivity index is 1.47. The highest BCUT2D eigenvalue weighted by Gasteiger charge is 2.26. The highest BCUT2D eigenvalue weighted by atomic mass is 35.5. The molecule has 4 heterocycles. The van der Waals surface area contributed by atoms with Crippen LogP contribution in [0, 0.1) is 11.6 Å². The summed E-state index contributed by atoms with van der Waals surface area (Å²) in [5.41, 5.74) is 3.99. The van der Waals surface area contributed by atoms with E-state index in [0.717, 1.165) is 18.3 Å². The molecule has 0 spiro atoms. The van der Waals surface area contributed by atoms with Crippen LogP contribution in [0.2, 0.25) is 5.02 Å². The second kappa shape index (κ2) is 9.08. The molecule has 1 amide bonds. The number of aromatic nitrogens is 2. The summed E-state index contributed by atoms with van der Waals surface area (Å²) in [7, 11) is 1.62. The van der Waals surface area contributed by atoms with E-state index in [1.54, 1.807) is 19.3 Å². The standard InChI is InChI=1S/C24H21ClF2N6O/c1-28-24(34)22-12-33(7-6-29-22)13-8-21-20(31-11-13)3-2-19(32-21)14-4-5-30-23(14)15-9-16(25)18(27)10-17(15)26/h2-4,8-11,22,29H,5-7,12H2,1H3,(H,28,34)/t22-/m0/s1. The number of fused-ring (bicyclic) bond motifs is 1. The molecule has 3 aromatic rings.